The molecule has 0 bridgehead atoms. The van der Waals surface area contributed by atoms with Crippen LogP contribution in [0.1, 0.15) is 41.8 Å². The molecular weight excluding hydrogens is 322 g/mol. The standard InChI is InChI=1S/C22H25N3O/c1-16-14-15-24-22(25-16)21(19-12-8-5-9-13-19)26-20(17(2)23-3)18-10-6-4-7-11-18/h4-15,17,20-21,23H,1-3H3/t17-,20-,21+/m0/s1. The summed E-state index contributed by atoms with van der Waals surface area (Å²) in [5.41, 5.74) is 3.10. The average molecular weight is 347 g/mol. The minimum absolute atomic E-state index is 0.129. The van der Waals surface area contributed by atoms with E-state index in [2.05, 4.69) is 46.5 Å². The first-order valence-corrected chi connectivity index (χ1v) is 8.91. The minimum Gasteiger partial charge on any atom is -0.356 e. The number of aryl methyl sites for hydroxylation is 1. The van der Waals surface area contributed by atoms with E-state index in [0.29, 0.717) is 5.82 Å². The zero-order chi connectivity index (χ0) is 18.4. The topological polar surface area (TPSA) is 47.0 Å². The third-order valence-electron chi connectivity index (χ3n) is 4.47. The number of ether oxygens (including phenoxy) is 1. The van der Waals surface area contributed by atoms with Crippen LogP contribution < -0.4 is 5.32 Å². The predicted molar refractivity (Wildman–Crippen MR) is 104 cm³/mol. The summed E-state index contributed by atoms with van der Waals surface area (Å²) in [6.07, 6.45) is 1.32. The molecule has 1 heterocycles. The Morgan fingerprint density at radius 2 is 1.50 bits per heavy atom. The van der Waals surface area contributed by atoms with Crippen molar-refractivity contribution >= 4 is 0 Å². The van der Waals surface area contributed by atoms with E-state index < -0.39 is 0 Å². The highest BCUT2D eigenvalue weighted by molar-refractivity contribution is 5.25. The van der Waals surface area contributed by atoms with Crippen molar-refractivity contribution in [2.75, 3.05) is 7.05 Å². The maximum Gasteiger partial charge on any atom is 0.162 e. The molecule has 4 nitrogen and oxygen atoms in total. The molecule has 0 amide bonds. The van der Waals surface area contributed by atoms with Crippen molar-refractivity contribution in [3.05, 3.63) is 95.6 Å². The second-order valence-electron chi connectivity index (χ2n) is 6.39. The second kappa shape index (κ2) is 8.70. The summed E-state index contributed by atoms with van der Waals surface area (Å²) in [4.78, 5) is 9.12. The Hall–Kier alpha value is -2.56. The van der Waals surface area contributed by atoms with Crippen LogP contribution >= 0.6 is 0 Å². The van der Waals surface area contributed by atoms with Gasteiger partial charge in [0, 0.05) is 17.9 Å². The maximum absolute atomic E-state index is 6.63. The maximum atomic E-state index is 6.63. The predicted octanol–water partition coefficient (Wildman–Crippen LogP) is 4.24. The van der Waals surface area contributed by atoms with E-state index >= 15 is 0 Å². The molecule has 0 saturated carbocycles. The number of hydrogen-bond donors (Lipinski definition) is 1. The number of likely N-dealkylation sites (N-methyl/N-ethyl adjacent to an activating group) is 1. The molecule has 1 N–H and O–H groups in total. The Labute approximate surface area is 155 Å². The molecule has 3 rings (SSSR count). The third-order valence-corrected chi connectivity index (χ3v) is 4.47. The first-order chi connectivity index (χ1) is 12.7. The zero-order valence-electron chi connectivity index (χ0n) is 15.5. The van der Waals surface area contributed by atoms with E-state index in [1.165, 1.54) is 0 Å². The molecule has 0 saturated heterocycles. The molecule has 3 atom stereocenters. The van der Waals surface area contributed by atoms with Gasteiger partial charge in [0.15, 0.2) is 5.82 Å². The summed E-state index contributed by atoms with van der Waals surface area (Å²) in [5.74, 6) is 0.681. The highest BCUT2D eigenvalue weighted by Crippen LogP contribution is 2.32. The van der Waals surface area contributed by atoms with Crippen LogP contribution in [0.5, 0.6) is 0 Å². The van der Waals surface area contributed by atoms with Crippen LogP contribution in [0.2, 0.25) is 0 Å². The SMILES string of the molecule is CN[C@@H](C)[C@H](O[C@H](c1ccccc1)c1nccc(C)n1)c1ccccc1. The van der Waals surface area contributed by atoms with Gasteiger partial charge in [0.1, 0.15) is 6.10 Å². The van der Waals surface area contributed by atoms with E-state index in [0.717, 1.165) is 16.8 Å². The normalized spacial score (nSPS) is 14.6. The summed E-state index contributed by atoms with van der Waals surface area (Å²) < 4.78 is 6.63. The summed E-state index contributed by atoms with van der Waals surface area (Å²) in [6.45, 7) is 4.09. The fraction of sp³-hybridized carbons (Fsp3) is 0.273. The van der Waals surface area contributed by atoms with Crippen LogP contribution in [-0.2, 0) is 4.74 Å². The van der Waals surface area contributed by atoms with E-state index in [9.17, 15) is 0 Å². The van der Waals surface area contributed by atoms with E-state index in [4.69, 9.17) is 4.74 Å². The molecule has 134 valence electrons. The smallest absolute Gasteiger partial charge is 0.162 e. The average Bonchev–Trinajstić information content (AvgIpc) is 2.69. The van der Waals surface area contributed by atoms with Crippen molar-refractivity contribution < 1.29 is 4.74 Å². The van der Waals surface area contributed by atoms with Gasteiger partial charge < -0.3 is 10.1 Å². The van der Waals surface area contributed by atoms with Gasteiger partial charge in [-0.05, 0) is 38.1 Å². The molecule has 0 unspecified atom stereocenters. The van der Waals surface area contributed by atoms with E-state index in [1.807, 2.05) is 56.4 Å². The monoisotopic (exact) mass is 347 g/mol. The van der Waals surface area contributed by atoms with Gasteiger partial charge in [-0.15, -0.1) is 0 Å². The Morgan fingerprint density at radius 3 is 2.08 bits per heavy atom. The first kappa shape index (κ1) is 18.2. The lowest BCUT2D eigenvalue weighted by molar-refractivity contribution is -0.0149. The number of nitrogens with one attached hydrogen (secondary N) is 1. The molecular formula is C22H25N3O. The molecule has 0 radical (unpaired) electrons. The fourth-order valence-electron chi connectivity index (χ4n) is 2.94. The number of hydrogen-bond acceptors (Lipinski definition) is 4. The molecule has 0 fully saturated rings. The van der Waals surface area contributed by atoms with Crippen LogP contribution in [0.3, 0.4) is 0 Å². The van der Waals surface area contributed by atoms with Gasteiger partial charge in [-0.3, -0.25) is 0 Å². The highest BCUT2D eigenvalue weighted by atomic mass is 16.5. The van der Waals surface area contributed by atoms with Crippen LogP contribution in [-0.4, -0.2) is 23.1 Å². The Morgan fingerprint density at radius 1 is 0.885 bits per heavy atom. The molecule has 3 aromatic rings. The molecule has 0 spiro atoms. The Kier molecular flexibility index (Phi) is 6.10. The van der Waals surface area contributed by atoms with Gasteiger partial charge in [-0.2, -0.15) is 0 Å². The third kappa shape index (κ3) is 4.34. The molecule has 26 heavy (non-hydrogen) atoms. The zero-order valence-corrected chi connectivity index (χ0v) is 15.5. The van der Waals surface area contributed by atoms with Crippen molar-refractivity contribution in [1.29, 1.82) is 0 Å². The molecule has 4 heteroatoms. The quantitative estimate of drug-likeness (QED) is 0.694. The highest BCUT2D eigenvalue weighted by Gasteiger charge is 2.27. The van der Waals surface area contributed by atoms with Gasteiger partial charge in [0.25, 0.3) is 0 Å². The molecule has 2 aromatic carbocycles. The molecule has 0 aliphatic carbocycles. The number of benzene rings is 2. The van der Waals surface area contributed by atoms with Crippen molar-refractivity contribution in [3.8, 4) is 0 Å². The fourth-order valence-corrected chi connectivity index (χ4v) is 2.94. The van der Waals surface area contributed by atoms with Crippen LogP contribution in [0.25, 0.3) is 0 Å². The number of aromatic nitrogens is 2. The Balaban J connectivity index is 2.00. The van der Waals surface area contributed by atoms with E-state index in [1.54, 1.807) is 6.20 Å². The number of nitrogens with zero attached hydrogens (tertiary/aromatic N) is 2. The van der Waals surface area contributed by atoms with Crippen LogP contribution in [0.4, 0.5) is 0 Å². The minimum atomic E-state index is -0.336. The molecule has 1 aromatic heterocycles. The molecule has 0 aliphatic rings. The van der Waals surface area contributed by atoms with Crippen molar-refractivity contribution in [1.82, 2.24) is 15.3 Å². The van der Waals surface area contributed by atoms with Gasteiger partial charge in [0.2, 0.25) is 0 Å². The lowest BCUT2D eigenvalue weighted by Crippen LogP contribution is -2.32. The number of rotatable bonds is 7. The summed E-state index contributed by atoms with van der Waals surface area (Å²) in [5, 5.41) is 3.32. The lowest BCUT2D eigenvalue weighted by Gasteiger charge is -2.29. The van der Waals surface area contributed by atoms with Crippen molar-refractivity contribution in [2.45, 2.75) is 32.1 Å². The van der Waals surface area contributed by atoms with Crippen molar-refractivity contribution in [3.63, 3.8) is 0 Å². The van der Waals surface area contributed by atoms with Gasteiger partial charge in [-0.25, -0.2) is 9.97 Å². The largest absolute Gasteiger partial charge is 0.356 e. The molecule has 0 aliphatic heterocycles. The van der Waals surface area contributed by atoms with Crippen LogP contribution in [0, 0.1) is 6.92 Å². The summed E-state index contributed by atoms with van der Waals surface area (Å²) in [6, 6.07) is 22.5. The lowest BCUT2D eigenvalue weighted by atomic mass is 10.0. The Bertz CT molecular complexity index is 808. The van der Waals surface area contributed by atoms with Crippen LogP contribution in [0.15, 0.2) is 72.9 Å². The van der Waals surface area contributed by atoms with Gasteiger partial charge >= 0.3 is 0 Å². The first-order valence-electron chi connectivity index (χ1n) is 8.91. The van der Waals surface area contributed by atoms with Crippen molar-refractivity contribution in [2.24, 2.45) is 0 Å². The van der Waals surface area contributed by atoms with Gasteiger partial charge in [-0.1, -0.05) is 60.7 Å². The second-order valence-corrected chi connectivity index (χ2v) is 6.39. The summed E-state index contributed by atoms with van der Waals surface area (Å²) in [7, 11) is 1.95. The summed E-state index contributed by atoms with van der Waals surface area (Å²) >= 11 is 0. The van der Waals surface area contributed by atoms with Gasteiger partial charge in [0.05, 0.1) is 6.10 Å². The van der Waals surface area contributed by atoms with E-state index in [-0.39, 0.29) is 18.2 Å².